The lowest BCUT2D eigenvalue weighted by atomic mass is 10.1. The van der Waals surface area contributed by atoms with Crippen molar-refractivity contribution < 1.29 is 0 Å². The number of benzene rings is 1. The standard InChI is InChI=1S/C16H27N3/c1-3-16-13-19(11-10-18(16)2)12-15-6-4-14(5-7-15)8-9-17/h4-7,16H,3,8-13,17H2,1-2H3. The van der Waals surface area contributed by atoms with Crippen LogP contribution in [0.25, 0.3) is 0 Å². The molecule has 0 saturated carbocycles. The van der Waals surface area contributed by atoms with E-state index in [4.69, 9.17) is 5.73 Å². The SMILES string of the molecule is CCC1CN(Cc2ccc(CCN)cc2)CCN1C. The van der Waals surface area contributed by atoms with Gasteiger partial charge >= 0.3 is 0 Å². The summed E-state index contributed by atoms with van der Waals surface area (Å²) in [7, 11) is 2.24. The van der Waals surface area contributed by atoms with Crippen LogP contribution >= 0.6 is 0 Å². The molecule has 0 amide bonds. The maximum atomic E-state index is 5.58. The van der Waals surface area contributed by atoms with E-state index in [-0.39, 0.29) is 0 Å². The van der Waals surface area contributed by atoms with Crippen LogP contribution in [0.3, 0.4) is 0 Å². The summed E-state index contributed by atoms with van der Waals surface area (Å²) in [4.78, 5) is 5.06. The van der Waals surface area contributed by atoms with E-state index in [0.717, 1.165) is 19.5 Å². The molecule has 0 bridgehead atoms. The molecule has 3 nitrogen and oxygen atoms in total. The fraction of sp³-hybridized carbons (Fsp3) is 0.625. The number of nitrogens with two attached hydrogens (primary N) is 1. The summed E-state index contributed by atoms with van der Waals surface area (Å²) < 4.78 is 0. The fourth-order valence-electron chi connectivity index (χ4n) is 2.83. The lowest BCUT2D eigenvalue weighted by Crippen LogP contribution is -2.50. The molecular formula is C16H27N3. The third-order valence-corrected chi connectivity index (χ3v) is 4.19. The molecule has 3 heteroatoms. The van der Waals surface area contributed by atoms with E-state index in [1.807, 2.05) is 0 Å². The highest BCUT2D eigenvalue weighted by Gasteiger charge is 2.22. The van der Waals surface area contributed by atoms with Crippen LogP contribution in [0, 0.1) is 0 Å². The molecule has 2 N–H and O–H groups in total. The van der Waals surface area contributed by atoms with Crippen molar-refractivity contribution in [3.05, 3.63) is 35.4 Å². The van der Waals surface area contributed by atoms with Gasteiger partial charge in [-0.25, -0.2) is 0 Å². The van der Waals surface area contributed by atoms with Gasteiger partial charge in [0.1, 0.15) is 0 Å². The van der Waals surface area contributed by atoms with Crippen molar-refractivity contribution in [2.45, 2.75) is 32.4 Å². The molecule has 1 atom stereocenters. The molecule has 106 valence electrons. The first kappa shape index (κ1) is 14.5. The van der Waals surface area contributed by atoms with Gasteiger partial charge < -0.3 is 10.6 Å². The van der Waals surface area contributed by atoms with Crippen LogP contribution in [-0.4, -0.2) is 49.1 Å². The summed E-state index contributed by atoms with van der Waals surface area (Å²) in [6, 6.07) is 9.66. The Morgan fingerprint density at radius 3 is 2.47 bits per heavy atom. The second-order valence-electron chi connectivity index (χ2n) is 5.63. The van der Waals surface area contributed by atoms with Crippen molar-refractivity contribution in [1.29, 1.82) is 0 Å². The molecule has 1 aliphatic rings. The van der Waals surface area contributed by atoms with E-state index >= 15 is 0 Å². The van der Waals surface area contributed by atoms with Gasteiger partial charge in [0.05, 0.1) is 0 Å². The normalized spacial score (nSPS) is 21.7. The summed E-state index contributed by atoms with van der Waals surface area (Å²) in [6.07, 6.45) is 2.22. The van der Waals surface area contributed by atoms with Crippen molar-refractivity contribution in [2.24, 2.45) is 5.73 Å². The molecule has 1 unspecified atom stereocenters. The van der Waals surface area contributed by atoms with Crippen molar-refractivity contribution >= 4 is 0 Å². The van der Waals surface area contributed by atoms with Crippen LogP contribution in [0.1, 0.15) is 24.5 Å². The Kier molecular flexibility index (Phi) is 5.37. The maximum Gasteiger partial charge on any atom is 0.0234 e. The third-order valence-electron chi connectivity index (χ3n) is 4.19. The van der Waals surface area contributed by atoms with Crippen molar-refractivity contribution in [3.63, 3.8) is 0 Å². The molecule has 1 aliphatic heterocycles. The molecular weight excluding hydrogens is 234 g/mol. The van der Waals surface area contributed by atoms with Crippen LogP contribution < -0.4 is 5.73 Å². The molecule has 1 aromatic carbocycles. The number of hydrogen-bond acceptors (Lipinski definition) is 3. The minimum Gasteiger partial charge on any atom is -0.330 e. The van der Waals surface area contributed by atoms with Gasteiger partial charge in [-0.2, -0.15) is 0 Å². The summed E-state index contributed by atoms with van der Waals surface area (Å²) >= 11 is 0. The molecule has 1 fully saturated rings. The number of likely N-dealkylation sites (N-methyl/N-ethyl adjacent to an activating group) is 1. The molecule has 0 aliphatic carbocycles. The summed E-state index contributed by atoms with van der Waals surface area (Å²) in [5.41, 5.74) is 8.34. The van der Waals surface area contributed by atoms with E-state index in [2.05, 4.69) is 48.0 Å². The van der Waals surface area contributed by atoms with E-state index in [0.29, 0.717) is 6.04 Å². The van der Waals surface area contributed by atoms with Gasteiger partial charge in [0.15, 0.2) is 0 Å². The Labute approximate surface area is 117 Å². The Morgan fingerprint density at radius 1 is 1.16 bits per heavy atom. The first-order valence-corrected chi connectivity index (χ1v) is 7.43. The van der Waals surface area contributed by atoms with E-state index in [1.165, 1.54) is 37.2 Å². The summed E-state index contributed by atoms with van der Waals surface area (Å²) in [5, 5.41) is 0. The van der Waals surface area contributed by atoms with Crippen LogP contribution in [0.15, 0.2) is 24.3 Å². The molecule has 2 rings (SSSR count). The number of hydrogen-bond donors (Lipinski definition) is 1. The molecule has 1 heterocycles. The number of nitrogens with zero attached hydrogens (tertiary/aromatic N) is 2. The first-order valence-electron chi connectivity index (χ1n) is 7.43. The van der Waals surface area contributed by atoms with Crippen molar-refractivity contribution in [2.75, 3.05) is 33.2 Å². The molecule has 1 aromatic rings. The van der Waals surface area contributed by atoms with Gasteiger partial charge in [0.25, 0.3) is 0 Å². The minimum atomic E-state index is 0.713. The van der Waals surface area contributed by atoms with Gasteiger partial charge in [-0.1, -0.05) is 31.2 Å². The third kappa shape index (κ3) is 4.03. The lowest BCUT2D eigenvalue weighted by molar-refractivity contribution is 0.0884. The molecule has 0 radical (unpaired) electrons. The first-order chi connectivity index (χ1) is 9.22. The molecule has 1 saturated heterocycles. The van der Waals surface area contributed by atoms with E-state index in [1.54, 1.807) is 0 Å². The monoisotopic (exact) mass is 261 g/mol. The Hall–Kier alpha value is -0.900. The fourth-order valence-corrected chi connectivity index (χ4v) is 2.83. The number of rotatable bonds is 5. The second kappa shape index (κ2) is 7.04. The maximum absolute atomic E-state index is 5.58. The van der Waals surface area contributed by atoms with E-state index < -0.39 is 0 Å². The van der Waals surface area contributed by atoms with E-state index in [9.17, 15) is 0 Å². The van der Waals surface area contributed by atoms with Crippen LogP contribution in [0.5, 0.6) is 0 Å². The average molecular weight is 261 g/mol. The van der Waals surface area contributed by atoms with Gasteiger partial charge in [-0.05, 0) is 37.6 Å². The molecule has 0 aromatic heterocycles. The smallest absolute Gasteiger partial charge is 0.0234 e. The Balaban J connectivity index is 1.90. The van der Waals surface area contributed by atoms with Gasteiger partial charge in [-0.3, -0.25) is 4.90 Å². The van der Waals surface area contributed by atoms with Crippen LogP contribution in [0.4, 0.5) is 0 Å². The van der Waals surface area contributed by atoms with Gasteiger partial charge in [-0.15, -0.1) is 0 Å². The van der Waals surface area contributed by atoms with Crippen LogP contribution in [0.2, 0.25) is 0 Å². The van der Waals surface area contributed by atoms with Crippen LogP contribution in [-0.2, 0) is 13.0 Å². The average Bonchev–Trinajstić information content (AvgIpc) is 2.43. The predicted molar refractivity (Wildman–Crippen MR) is 81.2 cm³/mol. The quantitative estimate of drug-likeness (QED) is 0.876. The molecule has 19 heavy (non-hydrogen) atoms. The highest BCUT2D eigenvalue weighted by Crippen LogP contribution is 2.14. The Morgan fingerprint density at radius 2 is 1.84 bits per heavy atom. The van der Waals surface area contributed by atoms with Crippen molar-refractivity contribution in [1.82, 2.24) is 9.80 Å². The zero-order valence-corrected chi connectivity index (χ0v) is 12.3. The topological polar surface area (TPSA) is 32.5 Å². The van der Waals surface area contributed by atoms with Gasteiger partial charge in [0, 0.05) is 32.2 Å². The summed E-state index contributed by atoms with van der Waals surface area (Å²) in [6.45, 7) is 7.65. The zero-order chi connectivity index (χ0) is 13.7. The summed E-state index contributed by atoms with van der Waals surface area (Å²) in [5.74, 6) is 0. The highest BCUT2D eigenvalue weighted by molar-refractivity contribution is 5.22. The molecule has 0 spiro atoms. The van der Waals surface area contributed by atoms with Gasteiger partial charge in [0.2, 0.25) is 0 Å². The second-order valence-corrected chi connectivity index (χ2v) is 5.63. The lowest BCUT2D eigenvalue weighted by Gasteiger charge is -2.39. The Bertz CT molecular complexity index is 374. The highest BCUT2D eigenvalue weighted by atomic mass is 15.3. The predicted octanol–water partition coefficient (Wildman–Crippen LogP) is 1.71. The number of piperazine rings is 1. The van der Waals surface area contributed by atoms with Crippen molar-refractivity contribution in [3.8, 4) is 0 Å². The zero-order valence-electron chi connectivity index (χ0n) is 12.3. The minimum absolute atomic E-state index is 0.713. The largest absolute Gasteiger partial charge is 0.330 e.